The lowest BCUT2D eigenvalue weighted by atomic mass is 9.91. The maximum atomic E-state index is 13.6. The van der Waals surface area contributed by atoms with E-state index in [1.807, 2.05) is 61.7 Å². The standard InChI is InChI=1S/C29H24FN7O/c1-29(2,3)22-16-19(13-14-31-22)28(38)33-23-17-37-25(32-23)12-11-21(35-37)27-26(18-7-9-20(30)10-8-18)34-24-6-4-5-15-36(24)27/h4-17H,1-3H3,(H,33,38). The van der Waals surface area contributed by atoms with Crippen LogP contribution in [-0.4, -0.2) is 34.9 Å². The number of anilines is 1. The average Bonchev–Trinajstić information content (AvgIpc) is 3.49. The number of benzene rings is 1. The van der Waals surface area contributed by atoms with E-state index >= 15 is 0 Å². The number of fused-ring (bicyclic) bond motifs is 2. The molecule has 0 spiro atoms. The van der Waals surface area contributed by atoms with Crippen LogP contribution in [0.3, 0.4) is 0 Å². The van der Waals surface area contributed by atoms with Crippen LogP contribution in [0, 0.1) is 5.82 Å². The van der Waals surface area contributed by atoms with Gasteiger partial charge in [-0.15, -0.1) is 0 Å². The van der Waals surface area contributed by atoms with Crippen molar-refractivity contribution in [3.63, 3.8) is 0 Å². The molecule has 8 nitrogen and oxygen atoms in total. The Hall–Kier alpha value is -4.92. The molecule has 5 heterocycles. The molecule has 0 saturated heterocycles. The highest BCUT2D eigenvalue weighted by Gasteiger charge is 2.20. The number of rotatable bonds is 4. The molecule has 9 heteroatoms. The topological polar surface area (TPSA) is 89.5 Å². The first-order chi connectivity index (χ1) is 18.3. The Morgan fingerprint density at radius 2 is 1.76 bits per heavy atom. The molecule has 0 fully saturated rings. The van der Waals surface area contributed by atoms with Gasteiger partial charge in [0.15, 0.2) is 11.5 Å². The van der Waals surface area contributed by atoms with Crippen LogP contribution in [-0.2, 0) is 5.41 Å². The SMILES string of the molecule is CC(C)(C)c1cc(C(=O)Nc2cn3nc(-c4c(-c5ccc(F)cc5)nc5ccccn45)ccc3n2)ccn1. The Labute approximate surface area is 217 Å². The minimum absolute atomic E-state index is 0.176. The van der Waals surface area contributed by atoms with Crippen molar-refractivity contribution in [2.24, 2.45) is 0 Å². The van der Waals surface area contributed by atoms with E-state index in [0.717, 1.165) is 22.6 Å². The number of nitrogens with one attached hydrogen (secondary N) is 1. The van der Waals surface area contributed by atoms with Gasteiger partial charge >= 0.3 is 0 Å². The van der Waals surface area contributed by atoms with Gasteiger partial charge in [-0.25, -0.2) is 18.9 Å². The van der Waals surface area contributed by atoms with Gasteiger partial charge in [0.2, 0.25) is 0 Å². The highest BCUT2D eigenvalue weighted by molar-refractivity contribution is 6.03. The largest absolute Gasteiger partial charge is 0.305 e. The number of aromatic nitrogens is 6. The summed E-state index contributed by atoms with van der Waals surface area (Å²) in [7, 11) is 0. The minimum Gasteiger partial charge on any atom is -0.305 e. The maximum Gasteiger partial charge on any atom is 0.256 e. The Balaban J connectivity index is 1.37. The van der Waals surface area contributed by atoms with Gasteiger partial charge in [0.25, 0.3) is 5.91 Å². The monoisotopic (exact) mass is 505 g/mol. The maximum absolute atomic E-state index is 13.6. The summed E-state index contributed by atoms with van der Waals surface area (Å²) in [5.41, 5.74) is 5.35. The number of amides is 1. The molecule has 188 valence electrons. The third-order valence-corrected chi connectivity index (χ3v) is 6.24. The molecule has 0 aliphatic carbocycles. The van der Waals surface area contributed by atoms with E-state index in [2.05, 4.69) is 15.3 Å². The number of imidazole rings is 2. The van der Waals surface area contributed by atoms with E-state index in [9.17, 15) is 9.18 Å². The number of carbonyl (C=O) groups excluding carboxylic acids is 1. The van der Waals surface area contributed by atoms with Crippen molar-refractivity contribution in [1.82, 2.24) is 29.0 Å². The molecule has 0 bridgehead atoms. The van der Waals surface area contributed by atoms with Crippen molar-refractivity contribution in [3.8, 4) is 22.6 Å². The molecule has 5 aromatic heterocycles. The van der Waals surface area contributed by atoms with Gasteiger partial charge in [0.1, 0.15) is 22.9 Å². The van der Waals surface area contributed by atoms with E-state index in [0.29, 0.717) is 28.4 Å². The van der Waals surface area contributed by atoms with Gasteiger partial charge in [-0.1, -0.05) is 26.8 Å². The molecule has 0 unspecified atom stereocenters. The van der Waals surface area contributed by atoms with Crippen LogP contribution < -0.4 is 5.32 Å². The van der Waals surface area contributed by atoms with Crippen LogP contribution in [0.2, 0.25) is 0 Å². The Morgan fingerprint density at radius 1 is 0.947 bits per heavy atom. The van der Waals surface area contributed by atoms with Crippen molar-refractivity contribution in [3.05, 3.63) is 102 Å². The van der Waals surface area contributed by atoms with Gasteiger partial charge in [0, 0.05) is 34.6 Å². The summed E-state index contributed by atoms with van der Waals surface area (Å²) in [5, 5.41) is 7.64. The fourth-order valence-corrected chi connectivity index (χ4v) is 4.29. The van der Waals surface area contributed by atoms with E-state index in [1.54, 1.807) is 41.2 Å². The Morgan fingerprint density at radius 3 is 2.55 bits per heavy atom. The summed E-state index contributed by atoms with van der Waals surface area (Å²) < 4.78 is 17.2. The minimum atomic E-state index is -0.312. The van der Waals surface area contributed by atoms with E-state index in [4.69, 9.17) is 10.1 Å². The molecular formula is C29H24FN7O. The molecule has 1 amide bonds. The predicted molar refractivity (Wildman–Crippen MR) is 143 cm³/mol. The molecule has 38 heavy (non-hydrogen) atoms. The quantitative estimate of drug-likeness (QED) is 0.327. The third kappa shape index (κ3) is 4.28. The third-order valence-electron chi connectivity index (χ3n) is 6.24. The van der Waals surface area contributed by atoms with Crippen molar-refractivity contribution in [2.45, 2.75) is 26.2 Å². The van der Waals surface area contributed by atoms with Gasteiger partial charge < -0.3 is 5.32 Å². The summed E-state index contributed by atoms with van der Waals surface area (Å²) in [6, 6.07) is 19.1. The first-order valence-corrected chi connectivity index (χ1v) is 12.1. The molecular weight excluding hydrogens is 481 g/mol. The van der Waals surface area contributed by atoms with Gasteiger partial charge in [-0.3, -0.25) is 14.2 Å². The number of carbonyl (C=O) groups is 1. The highest BCUT2D eigenvalue weighted by atomic mass is 19.1. The summed E-state index contributed by atoms with van der Waals surface area (Å²) in [4.78, 5) is 26.6. The number of hydrogen-bond donors (Lipinski definition) is 1. The lowest BCUT2D eigenvalue weighted by Gasteiger charge is -2.17. The lowest BCUT2D eigenvalue weighted by Crippen LogP contribution is -2.17. The zero-order valence-corrected chi connectivity index (χ0v) is 21.1. The van der Waals surface area contributed by atoms with Crippen molar-refractivity contribution in [1.29, 1.82) is 0 Å². The van der Waals surface area contributed by atoms with Gasteiger partial charge in [0.05, 0.1) is 11.9 Å². The molecule has 0 atom stereocenters. The summed E-state index contributed by atoms with van der Waals surface area (Å²) >= 11 is 0. The first-order valence-electron chi connectivity index (χ1n) is 12.1. The molecule has 6 aromatic rings. The lowest BCUT2D eigenvalue weighted by molar-refractivity contribution is 0.102. The molecule has 0 radical (unpaired) electrons. The number of nitrogens with zero attached hydrogens (tertiary/aromatic N) is 6. The van der Waals surface area contributed by atoms with Crippen LogP contribution in [0.4, 0.5) is 10.2 Å². The van der Waals surface area contributed by atoms with Gasteiger partial charge in [-0.05, 0) is 60.7 Å². The fraction of sp³-hybridized carbons (Fsp3) is 0.138. The zero-order chi connectivity index (χ0) is 26.4. The summed E-state index contributed by atoms with van der Waals surface area (Å²) in [5.74, 6) is -0.208. The number of hydrogen-bond acceptors (Lipinski definition) is 5. The predicted octanol–water partition coefficient (Wildman–Crippen LogP) is 5.79. The van der Waals surface area contributed by atoms with Crippen LogP contribution in [0.5, 0.6) is 0 Å². The number of pyridine rings is 2. The number of halogens is 1. The summed E-state index contributed by atoms with van der Waals surface area (Å²) in [6.45, 7) is 6.15. The fourth-order valence-electron chi connectivity index (χ4n) is 4.29. The van der Waals surface area contributed by atoms with E-state index < -0.39 is 0 Å². The molecule has 1 aromatic carbocycles. The smallest absolute Gasteiger partial charge is 0.256 e. The molecule has 1 N–H and O–H groups in total. The van der Waals surface area contributed by atoms with E-state index in [1.165, 1.54) is 12.1 Å². The van der Waals surface area contributed by atoms with Crippen molar-refractivity contribution >= 4 is 23.0 Å². The van der Waals surface area contributed by atoms with E-state index in [-0.39, 0.29) is 17.1 Å². The summed E-state index contributed by atoms with van der Waals surface area (Å²) in [6.07, 6.45) is 5.22. The second-order valence-corrected chi connectivity index (χ2v) is 10.0. The van der Waals surface area contributed by atoms with Crippen LogP contribution in [0.25, 0.3) is 33.9 Å². The van der Waals surface area contributed by atoms with Crippen LogP contribution in [0.15, 0.2) is 85.3 Å². The van der Waals surface area contributed by atoms with Crippen molar-refractivity contribution < 1.29 is 9.18 Å². The molecule has 0 aliphatic heterocycles. The van der Waals surface area contributed by atoms with Crippen molar-refractivity contribution in [2.75, 3.05) is 5.32 Å². The second kappa shape index (κ2) is 8.88. The highest BCUT2D eigenvalue weighted by Crippen LogP contribution is 2.32. The Kier molecular flexibility index (Phi) is 5.48. The molecule has 6 rings (SSSR count). The van der Waals surface area contributed by atoms with Gasteiger partial charge in [-0.2, -0.15) is 5.10 Å². The van der Waals surface area contributed by atoms with Crippen LogP contribution >= 0.6 is 0 Å². The average molecular weight is 506 g/mol. The molecule has 0 saturated carbocycles. The van der Waals surface area contributed by atoms with Crippen LogP contribution in [0.1, 0.15) is 36.8 Å². The first kappa shape index (κ1) is 23.5. The zero-order valence-electron chi connectivity index (χ0n) is 21.1. The molecule has 0 aliphatic rings. The Bertz CT molecular complexity index is 1810. The normalized spacial score (nSPS) is 11.8. The second-order valence-electron chi connectivity index (χ2n) is 10.0.